The van der Waals surface area contributed by atoms with Gasteiger partial charge in [-0.25, -0.2) is 0 Å². The largest absolute Gasteiger partial charge is 0.326 e. The number of hydrogen-bond donors (Lipinski definition) is 1. The molecule has 0 heterocycles. The van der Waals surface area contributed by atoms with Crippen LogP contribution in [0.3, 0.4) is 0 Å². The van der Waals surface area contributed by atoms with Crippen molar-refractivity contribution in [1.82, 2.24) is 0 Å². The van der Waals surface area contributed by atoms with E-state index in [2.05, 4.69) is 5.32 Å². The van der Waals surface area contributed by atoms with Crippen molar-refractivity contribution >= 4 is 23.2 Å². The highest BCUT2D eigenvalue weighted by Crippen LogP contribution is 2.60. The Balaban J connectivity index is 1.31. The van der Waals surface area contributed by atoms with E-state index in [1.165, 1.54) is 19.3 Å². The van der Waals surface area contributed by atoms with E-state index in [1.807, 2.05) is 0 Å². The topological polar surface area (TPSA) is 63.2 Å². The van der Waals surface area contributed by atoms with Gasteiger partial charge in [0.15, 0.2) is 11.6 Å². The quantitative estimate of drug-likeness (QED) is 0.700. The summed E-state index contributed by atoms with van der Waals surface area (Å²) in [6, 6.07) is 12.1. The van der Waals surface area contributed by atoms with Gasteiger partial charge in [0.05, 0.1) is 5.41 Å². The lowest BCUT2D eigenvalue weighted by atomic mass is 9.49. The van der Waals surface area contributed by atoms with Crippen molar-refractivity contribution in [2.24, 2.45) is 23.2 Å². The fraction of sp³-hybridized carbons (Fsp3) is 0.400. The Labute approximate surface area is 169 Å². The molecule has 4 fully saturated rings. The zero-order chi connectivity index (χ0) is 19.8. The lowest BCUT2D eigenvalue weighted by Crippen LogP contribution is -2.51. The third kappa shape index (κ3) is 2.48. The number of hydrogen-bond acceptors (Lipinski definition) is 3. The third-order valence-electron chi connectivity index (χ3n) is 7.70. The fourth-order valence-electron chi connectivity index (χ4n) is 6.83. The number of carbonyl (C=O) groups excluding carboxylic acids is 3. The van der Waals surface area contributed by atoms with Crippen LogP contribution in [0.4, 0.5) is 5.69 Å². The van der Waals surface area contributed by atoms with Crippen molar-refractivity contribution in [1.29, 1.82) is 0 Å². The lowest BCUT2D eigenvalue weighted by molar-refractivity contribution is -0.140. The number of fused-ring (bicyclic) bond motifs is 2. The van der Waals surface area contributed by atoms with Crippen molar-refractivity contribution in [2.75, 3.05) is 5.32 Å². The first kappa shape index (κ1) is 17.1. The summed E-state index contributed by atoms with van der Waals surface area (Å²) in [6.07, 6.45) is 6.88. The fourth-order valence-corrected chi connectivity index (χ4v) is 6.83. The predicted octanol–water partition coefficient (Wildman–Crippen LogP) is 4.62. The summed E-state index contributed by atoms with van der Waals surface area (Å²) in [7, 11) is 0. The van der Waals surface area contributed by atoms with Crippen LogP contribution >= 0.6 is 0 Å². The molecule has 5 aliphatic carbocycles. The van der Waals surface area contributed by atoms with Crippen LogP contribution in [0.5, 0.6) is 0 Å². The summed E-state index contributed by atoms with van der Waals surface area (Å²) < 4.78 is 0. The maximum absolute atomic E-state index is 13.3. The molecule has 2 aromatic carbocycles. The monoisotopic (exact) mass is 385 g/mol. The molecule has 29 heavy (non-hydrogen) atoms. The van der Waals surface area contributed by atoms with Crippen LogP contribution in [0.25, 0.3) is 0 Å². The van der Waals surface area contributed by atoms with Crippen LogP contribution < -0.4 is 5.32 Å². The van der Waals surface area contributed by atoms with Gasteiger partial charge < -0.3 is 5.32 Å². The van der Waals surface area contributed by atoms with Crippen molar-refractivity contribution in [3.05, 3.63) is 64.7 Å². The average molecular weight is 385 g/mol. The predicted molar refractivity (Wildman–Crippen MR) is 109 cm³/mol. The molecule has 5 aliphatic rings. The average Bonchev–Trinajstić information content (AvgIpc) is 2.71. The molecule has 0 atom stereocenters. The van der Waals surface area contributed by atoms with Gasteiger partial charge in [0, 0.05) is 27.9 Å². The Morgan fingerprint density at radius 3 is 1.86 bits per heavy atom. The Kier molecular flexibility index (Phi) is 3.48. The summed E-state index contributed by atoms with van der Waals surface area (Å²) in [5, 5.41) is 3.11. The van der Waals surface area contributed by atoms with E-state index in [4.69, 9.17) is 0 Å². The van der Waals surface area contributed by atoms with Gasteiger partial charge in [0.2, 0.25) is 5.91 Å². The molecule has 0 aliphatic heterocycles. The lowest BCUT2D eigenvalue weighted by Gasteiger charge is -2.55. The molecule has 0 aromatic heterocycles. The van der Waals surface area contributed by atoms with E-state index < -0.39 is 0 Å². The zero-order valence-corrected chi connectivity index (χ0v) is 16.2. The zero-order valence-electron chi connectivity index (χ0n) is 16.2. The molecule has 0 spiro atoms. The Morgan fingerprint density at radius 2 is 1.28 bits per heavy atom. The molecule has 146 valence electrons. The second-order valence-corrected chi connectivity index (χ2v) is 9.62. The minimum atomic E-state index is -0.239. The van der Waals surface area contributed by atoms with Crippen molar-refractivity contribution in [3.8, 4) is 0 Å². The molecule has 1 N–H and O–H groups in total. The number of ketones is 2. The summed E-state index contributed by atoms with van der Waals surface area (Å²) in [5.41, 5.74) is 2.07. The second kappa shape index (κ2) is 5.88. The van der Waals surface area contributed by atoms with Crippen LogP contribution in [0.15, 0.2) is 42.5 Å². The first-order chi connectivity index (χ1) is 14.0. The highest BCUT2D eigenvalue weighted by atomic mass is 16.2. The number of nitrogens with one attached hydrogen (secondary N) is 1. The van der Waals surface area contributed by atoms with Gasteiger partial charge in [0.25, 0.3) is 0 Å². The Morgan fingerprint density at radius 1 is 0.759 bits per heavy atom. The smallest absolute Gasteiger partial charge is 0.230 e. The number of anilines is 1. The van der Waals surface area contributed by atoms with Crippen molar-refractivity contribution < 1.29 is 14.4 Å². The molecule has 4 heteroatoms. The van der Waals surface area contributed by atoms with Crippen LogP contribution in [0.2, 0.25) is 0 Å². The standard InChI is InChI=1S/C25H23NO3/c27-22-18-3-1-2-4-19(18)23(28)21-10-17(5-6-20(21)22)26-24(29)25-11-14-7-15(12-25)9-16(8-14)13-25/h1-6,10,14-16H,7-9,11-13H2,(H,26,29). The first-order valence-electron chi connectivity index (χ1n) is 10.7. The summed E-state index contributed by atoms with van der Waals surface area (Å²) in [4.78, 5) is 39.0. The Hall–Kier alpha value is -2.75. The third-order valence-corrected chi connectivity index (χ3v) is 7.70. The molecule has 4 saturated carbocycles. The van der Waals surface area contributed by atoms with Gasteiger partial charge in [-0.3, -0.25) is 14.4 Å². The van der Waals surface area contributed by atoms with Gasteiger partial charge in [-0.1, -0.05) is 24.3 Å². The highest BCUT2D eigenvalue weighted by molar-refractivity contribution is 6.28. The van der Waals surface area contributed by atoms with Crippen molar-refractivity contribution in [2.45, 2.75) is 38.5 Å². The molecule has 0 unspecified atom stereocenters. The van der Waals surface area contributed by atoms with Crippen molar-refractivity contribution in [3.63, 3.8) is 0 Å². The second-order valence-electron chi connectivity index (χ2n) is 9.62. The Bertz CT molecular complexity index is 1050. The van der Waals surface area contributed by atoms with E-state index in [1.54, 1.807) is 42.5 Å². The van der Waals surface area contributed by atoms with E-state index in [-0.39, 0.29) is 22.9 Å². The SMILES string of the molecule is O=C1c2ccccc2C(=O)c2cc(NC(=O)C34CC5CC(CC(C5)C3)C4)ccc21. The summed E-state index contributed by atoms with van der Waals surface area (Å²) >= 11 is 0. The van der Waals surface area contributed by atoms with Gasteiger partial charge in [0.1, 0.15) is 0 Å². The maximum Gasteiger partial charge on any atom is 0.230 e. The number of amides is 1. The maximum atomic E-state index is 13.3. The molecule has 7 rings (SSSR count). The van der Waals surface area contributed by atoms with Crippen LogP contribution in [0, 0.1) is 23.2 Å². The highest BCUT2D eigenvalue weighted by Gasteiger charge is 2.54. The van der Waals surface area contributed by atoms with Crippen LogP contribution in [-0.2, 0) is 4.79 Å². The molecule has 1 amide bonds. The molecule has 0 saturated heterocycles. The molecular formula is C25H23NO3. The first-order valence-corrected chi connectivity index (χ1v) is 10.7. The van der Waals surface area contributed by atoms with E-state index in [9.17, 15) is 14.4 Å². The molecule has 2 aromatic rings. The molecular weight excluding hydrogens is 362 g/mol. The van der Waals surface area contributed by atoms with E-state index in [0.717, 1.165) is 19.3 Å². The number of benzene rings is 2. The molecule has 0 radical (unpaired) electrons. The minimum absolute atomic E-state index is 0.103. The normalized spacial score (nSPS) is 31.4. The number of carbonyl (C=O) groups is 3. The molecule has 4 nitrogen and oxygen atoms in total. The minimum Gasteiger partial charge on any atom is -0.326 e. The summed E-state index contributed by atoms with van der Waals surface area (Å²) in [5.74, 6) is 1.92. The number of rotatable bonds is 2. The van der Waals surface area contributed by atoms with Gasteiger partial charge in [-0.15, -0.1) is 0 Å². The van der Waals surface area contributed by atoms with E-state index in [0.29, 0.717) is 45.7 Å². The van der Waals surface area contributed by atoms with Gasteiger partial charge >= 0.3 is 0 Å². The van der Waals surface area contributed by atoms with E-state index >= 15 is 0 Å². The van der Waals surface area contributed by atoms with Gasteiger partial charge in [-0.2, -0.15) is 0 Å². The summed E-state index contributed by atoms with van der Waals surface area (Å²) in [6.45, 7) is 0. The van der Waals surface area contributed by atoms with Gasteiger partial charge in [-0.05, 0) is 74.5 Å². The van der Waals surface area contributed by atoms with Crippen LogP contribution in [0.1, 0.15) is 70.4 Å². The molecule has 4 bridgehead atoms. The van der Waals surface area contributed by atoms with Crippen LogP contribution in [-0.4, -0.2) is 17.5 Å².